The Balaban J connectivity index is 1.58. The number of piperidine rings is 1. The first kappa shape index (κ1) is 17.0. The fourth-order valence-electron chi connectivity index (χ4n) is 3.23. The zero-order valence-corrected chi connectivity index (χ0v) is 14.7. The van der Waals surface area contributed by atoms with Crippen LogP contribution in [-0.4, -0.2) is 23.9 Å². The number of nitrogens with zero attached hydrogens (tertiary/aromatic N) is 1. The van der Waals surface area contributed by atoms with Crippen LogP contribution in [0.4, 0.5) is 5.69 Å². The van der Waals surface area contributed by atoms with E-state index in [4.69, 9.17) is 11.6 Å². The van der Waals surface area contributed by atoms with Crippen LogP contribution in [0, 0.1) is 12.8 Å². The lowest BCUT2D eigenvalue weighted by atomic mass is 9.96. The second-order valence-corrected chi connectivity index (χ2v) is 7.00. The molecule has 1 saturated heterocycles. The topological polar surface area (TPSA) is 32.3 Å². The monoisotopic (exact) mass is 342 g/mol. The molecule has 0 spiro atoms. The van der Waals surface area contributed by atoms with E-state index in [-0.39, 0.29) is 11.8 Å². The SMILES string of the molecule is Cc1cccc(NC(=O)[C@@H]2CCCN(Cc3ccc(Cl)cc3)C2)c1. The summed E-state index contributed by atoms with van der Waals surface area (Å²) in [5.74, 6) is 0.174. The molecule has 3 rings (SSSR count). The molecule has 0 bridgehead atoms. The van der Waals surface area contributed by atoms with E-state index in [1.54, 1.807) is 0 Å². The minimum atomic E-state index is 0.0477. The predicted octanol–water partition coefficient (Wildman–Crippen LogP) is 4.50. The van der Waals surface area contributed by atoms with Gasteiger partial charge in [-0.05, 0) is 61.7 Å². The van der Waals surface area contributed by atoms with Crippen molar-refractivity contribution < 1.29 is 4.79 Å². The van der Waals surface area contributed by atoms with Crippen molar-refractivity contribution in [3.63, 3.8) is 0 Å². The van der Waals surface area contributed by atoms with E-state index in [1.165, 1.54) is 5.56 Å². The smallest absolute Gasteiger partial charge is 0.228 e. The average Bonchev–Trinajstić information content (AvgIpc) is 2.57. The summed E-state index contributed by atoms with van der Waals surface area (Å²) in [6.45, 7) is 4.74. The Labute approximate surface area is 148 Å². The molecule has 1 aliphatic rings. The van der Waals surface area contributed by atoms with Crippen LogP contribution in [0.3, 0.4) is 0 Å². The molecule has 2 aromatic carbocycles. The van der Waals surface area contributed by atoms with Crippen LogP contribution in [0.15, 0.2) is 48.5 Å². The van der Waals surface area contributed by atoms with Crippen LogP contribution >= 0.6 is 11.6 Å². The van der Waals surface area contributed by atoms with E-state index in [0.29, 0.717) is 0 Å². The molecule has 3 nitrogen and oxygen atoms in total. The second-order valence-electron chi connectivity index (χ2n) is 6.56. The van der Waals surface area contributed by atoms with Gasteiger partial charge in [-0.2, -0.15) is 0 Å². The maximum atomic E-state index is 12.6. The van der Waals surface area contributed by atoms with Gasteiger partial charge in [0.15, 0.2) is 0 Å². The lowest BCUT2D eigenvalue weighted by Crippen LogP contribution is -2.40. The quantitative estimate of drug-likeness (QED) is 0.887. The highest BCUT2D eigenvalue weighted by Gasteiger charge is 2.25. The van der Waals surface area contributed by atoms with Crippen molar-refractivity contribution in [2.24, 2.45) is 5.92 Å². The number of amides is 1. The van der Waals surface area contributed by atoms with Crippen LogP contribution in [-0.2, 0) is 11.3 Å². The van der Waals surface area contributed by atoms with Crippen molar-refractivity contribution in [2.75, 3.05) is 18.4 Å². The minimum absolute atomic E-state index is 0.0477. The fourth-order valence-corrected chi connectivity index (χ4v) is 3.35. The van der Waals surface area contributed by atoms with Crippen molar-refractivity contribution in [3.8, 4) is 0 Å². The largest absolute Gasteiger partial charge is 0.326 e. The van der Waals surface area contributed by atoms with Crippen LogP contribution in [0.2, 0.25) is 5.02 Å². The lowest BCUT2D eigenvalue weighted by molar-refractivity contribution is -0.121. The maximum Gasteiger partial charge on any atom is 0.228 e. The zero-order chi connectivity index (χ0) is 16.9. The molecule has 1 amide bonds. The third kappa shape index (κ3) is 4.59. The van der Waals surface area contributed by atoms with Gasteiger partial charge in [-0.25, -0.2) is 0 Å². The van der Waals surface area contributed by atoms with Gasteiger partial charge in [0, 0.05) is 23.8 Å². The molecular formula is C20H23ClN2O. The van der Waals surface area contributed by atoms with Gasteiger partial charge in [-0.1, -0.05) is 35.9 Å². The number of hydrogen-bond acceptors (Lipinski definition) is 2. The Kier molecular flexibility index (Phi) is 5.54. The molecule has 0 aliphatic carbocycles. The standard InChI is InChI=1S/C20H23ClN2O/c1-15-4-2-6-19(12-15)22-20(24)17-5-3-11-23(14-17)13-16-7-9-18(21)10-8-16/h2,4,6-10,12,17H,3,5,11,13-14H2,1H3,(H,22,24)/t17-/m1/s1. The molecule has 1 N–H and O–H groups in total. The number of rotatable bonds is 4. The first-order chi connectivity index (χ1) is 11.6. The summed E-state index contributed by atoms with van der Waals surface area (Å²) in [5, 5.41) is 3.82. The Morgan fingerprint density at radius 3 is 2.79 bits per heavy atom. The third-order valence-electron chi connectivity index (χ3n) is 4.48. The van der Waals surface area contributed by atoms with Gasteiger partial charge in [-0.15, -0.1) is 0 Å². The number of carbonyl (C=O) groups excluding carboxylic acids is 1. The first-order valence-electron chi connectivity index (χ1n) is 8.44. The van der Waals surface area contributed by atoms with E-state index >= 15 is 0 Å². The summed E-state index contributed by atoms with van der Waals surface area (Å²) in [6.07, 6.45) is 2.01. The van der Waals surface area contributed by atoms with Gasteiger partial charge in [0.1, 0.15) is 0 Å². The molecule has 1 fully saturated rings. The van der Waals surface area contributed by atoms with Gasteiger partial charge >= 0.3 is 0 Å². The molecule has 4 heteroatoms. The van der Waals surface area contributed by atoms with E-state index in [9.17, 15) is 4.79 Å². The number of nitrogens with one attached hydrogen (secondary N) is 1. The summed E-state index contributed by atoms with van der Waals surface area (Å²) in [6, 6.07) is 15.9. The molecule has 24 heavy (non-hydrogen) atoms. The highest BCUT2D eigenvalue weighted by Crippen LogP contribution is 2.21. The molecule has 126 valence electrons. The van der Waals surface area contributed by atoms with Gasteiger partial charge in [0.25, 0.3) is 0 Å². The maximum absolute atomic E-state index is 12.6. The first-order valence-corrected chi connectivity index (χ1v) is 8.82. The number of carbonyl (C=O) groups is 1. The number of hydrogen-bond donors (Lipinski definition) is 1. The van der Waals surface area contributed by atoms with Crippen molar-refractivity contribution >= 4 is 23.2 Å². The molecule has 1 heterocycles. The average molecular weight is 343 g/mol. The molecule has 0 aromatic heterocycles. The Hall–Kier alpha value is -1.84. The Morgan fingerprint density at radius 1 is 1.25 bits per heavy atom. The summed E-state index contributed by atoms with van der Waals surface area (Å²) in [5.41, 5.74) is 3.27. The number of likely N-dealkylation sites (tertiary alicyclic amines) is 1. The van der Waals surface area contributed by atoms with Gasteiger partial charge in [0.2, 0.25) is 5.91 Å². The number of anilines is 1. The van der Waals surface area contributed by atoms with E-state index in [1.807, 2.05) is 43.3 Å². The summed E-state index contributed by atoms with van der Waals surface area (Å²) in [7, 11) is 0. The molecule has 0 unspecified atom stereocenters. The molecular weight excluding hydrogens is 320 g/mol. The normalized spacial score (nSPS) is 18.3. The Bertz CT molecular complexity index is 699. The Morgan fingerprint density at radius 2 is 2.04 bits per heavy atom. The third-order valence-corrected chi connectivity index (χ3v) is 4.73. The number of halogens is 1. The molecule has 0 saturated carbocycles. The minimum Gasteiger partial charge on any atom is -0.326 e. The van der Waals surface area contributed by atoms with Crippen LogP contribution in [0.1, 0.15) is 24.0 Å². The molecule has 1 atom stereocenters. The van der Waals surface area contributed by atoms with Crippen molar-refractivity contribution in [1.29, 1.82) is 0 Å². The van der Waals surface area contributed by atoms with E-state index in [0.717, 1.165) is 48.7 Å². The van der Waals surface area contributed by atoms with E-state index in [2.05, 4.69) is 22.3 Å². The molecule has 0 radical (unpaired) electrons. The van der Waals surface area contributed by atoms with Crippen molar-refractivity contribution in [3.05, 3.63) is 64.7 Å². The number of benzene rings is 2. The molecule has 2 aromatic rings. The van der Waals surface area contributed by atoms with Crippen LogP contribution in [0.25, 0.3) is 0 Å². The lowest BCUT2D eigenvalue weighted by Gasteiger charge is -2.32. The van der Waals surface area contributed by atoms with Crippen LogP contribution < -0.4 is 5.32 Å². The van der Waals surface area contributed by atoms with Gasteiger partial charge in [0.05, 0.1) is 5.92 Å². The fraction of sp³-hybridized carbons (Fsp3) is 0.350. The highest BCUT2D eigenvalue weighted by atomic mass is 35.5. The zero-order valence-electron chi connectivity index (χ0n) is 14.0. The summed E-state index contributed by atoms with van der Waals surface area (Å²) >= 11 is 5.94. The van der Waals surface area contributed by atoms with E-state index < -0.39 is 0 Å². The summed E-state index contributed by atoms with van der Waals surface area (Å²) < 4.78 is 0. The van der Waals surface area contributed by atoms with Crippen molar-refractivity contribution in [1.82, 2.24) is 4.90 Å². The number of aryl methyl sites for hydroxylation is 1. The van der Waals surface area contributed by atoms with Gasteiger partial charge in [-0.3, -0.25) is 9.69 Å². The van der Waals surface area contributed by atoms with Gasteiger partial charge < -0.3 is 5.32 Å². The molecule has 1 aliphatic heterocycles. The van der Waals surface area contributed by atoms with Crippen LogP contribution in [0.5, 0.6) is 0 Å². The van der Waals surface area contributed by atoms with Crippen molar-refractivity contribution in [2.45, 2.75) is 26.3 Å². The summed E-state index contributed by atoms with van der Waals surface area (Å²) in [4.78, 5) is 14.9. The highest BCUT2D eigenvalue weighted by molar-refractivity contribution is 6.30. The predicted molar refractivity (Wildman–Crippen MR) is 99.3 cm³/mol. The second kappa shape index (κ2) is 7.82.